The molecule has 22 heavy (non-hydrogen) atoms. The van der Waals surface area contributed by atoms with Crippen LogP contribution in [0.25, 0.3) is 22.5 Å². The van der Waals surface area contributed by atoms with Crippen molar-refractivity contribution in [2.75, 3.05) is 0 Å². The molecule has 0 fully saturated rings. The summed E-state index contributed by atoms with van der Waals surface area (Å²) in [5.41, 5.74) is 3.53. The molecule has 0 saturated heterocycles. The van der Waals surface area contributed by atoms with Crippen LogP contribution in [-0.2, 0) is 0 Å². The van der Waals surface area contributed by atoms with E-state index < -0.39 is 0 Å². The normalized spacial score (nSPS) is 11.7. The predicted octanol–water partition coefficient (Wildman–Crippen LogP) is 3.21. The largest absolute Gasteiger partial charge is 0.460 e. The number of aromatic amines is 1. The highest BCUT2D eigenvalue weighted by Gasteiger charge is 2.09. The molecule has 0 aliphatic rings. The van der Waals surface area contributed by atoms with Crippen molar-refractivity contribution in [2.45, 2.75) is 6.92 Å². The van der Waals surface area contributed by atoms with E-state index in [0.717, 1.165) is 33.8 Å². The van der Waals surface area contributed by atoms with Gasteiger partial charge in [-0.15, -0.1) is 0 Å². The van der Waals surface area contributed by atoms with Gasteiger partial charge >= 0.3 is 0 Å². The van der Waals surface area contributed by atoms with Crippen molar-refractivity contribution in [1.82, 2.24) is 19.9 Å². The Morgan fingerprint density at radius 1 is 1.23 bits per heavy atom. The van der Waals surface area contributed by atoms with Gasteiger partial charge in [0.2, 0.25) is 0 Å². The highest BCUT2D eigenvalue weighted by molar-refractivity contribution is 5.87. The molecule has 3 heterocycles. The van der Waals surface area contributed by atoms with E-state index in [9.17, 15) is 0 Å². The van der Waals surface area contributed by atoms with Gasteiger partial charge in [0.05, 0.1) is 23.4 Å². The lowest BCUT2D eigenvalue weighted by Gasteiger charge is -1.96. The molecule has 0 unspecified atom stereocenters. The molecule has 0 bridgehead atoms. The van der Waals surface area contributed by atoms with E-state index >= 15 is 0 Å². The molecular formula is C16H13N5O. The Hall–Kier alpha value is -3.15. The Bertz CT molecular complexity index is 960. The molecule has 0 aliphatic heterocycles. The van der Waals surface area contributed by atoms with Crippen molar-refractivity contribution in [1.29, 1.82) is 0 Å². The van der Waals surface area contributed by atoms with Crippen LogP contribution >= 0.6 is 0 Å². The second kappa shape index (κ2) is 5.00. The first-order valence-electron chi connectivity index (χ1n) is 6.88. The van der Waals surface area contributed by atoms with E-state index in [2.05, 4.69) is 20.3 Å². The van der Waals surface area contributed by atoms with Crippen molar-refractivity contribution in [2.24, 2.45) is 5.10 Å². The Labute approximate surface area is 126 Å². The fraction of sp³-hybridized carbons (Fsp3) is 0.0625. The summed E-state index contributed by atoms with van der Waals surface area (Å²) in [5.74, 6) is 1.60. The van der Waals surface area contributed by atoms with Crippen LogP contribution in [0, 0.1) is 6.92 Å². The molecule has 0 atom stereocenters. The van der Waals surface area contributed by atoms with Crippen LogP contribution in [0.15, 0.2) is 58.4 Å². The maximum Gasteiger partial charge on any atom is 0.152 e. The summed E-state index contributed by atoms with van der Waals surface area (Å²) in [5, 5.41) is 11.5. The third-order valence-electron chi connectivity index (χ3n) is 3.41. The predicted molar refractivity (Wildman–Crippen MR) is 83.8 cm³/mol. The zero-order chi connectivity index (χ0) is 14.9. The molecular weight excluding hydrogens is 278 g/mol. The minimum atomic E-state index is 0.743. The number of imidazole rings is 1. The maximum absolute atomic E-state index is 5.62. The molecule has 0 spiro atoms. The molecule has 6 nitrogen and oxygen atoms in total. The number of hydrogen-bond donors (Lipinski definition) is 1. The van der Waals surface area contributed by atoms with Crippen LogP contribution in [-0.4, -0.2) is 26.1 Å². The van der Waals surface area contributed by atoms with Gasteiger partial charge in [-0.2, -0.15) is 10.2 Å². The molecule has 0 amide bonds. The number of hydrogen-bond acceptors (Lipinski definition) is 4. The Balaban J connectivity index is 1.71. The highest BCUT2D eigenvalue weighted by Crippen LogP contribution is 2.22. The number of aryl methyl sites for hydroxylation is 1. The van der Waals surface area contributed by atoms with Crippen molar-refractivity contribution in [3.8, 4) is 11.5 Å². The highest BCUT2D eigenvalue weighted by atomic mass is 16.3. The summed E-state index contributed by atoms with van der Waals surface area (Å²) in [7, 11) is 0. The molecule has 1 N–H and O–H groups in total. The molecule has 1 aromatic carbocycles. The number of aromatic nitrogens is 4. The minimum absolute atomic E-state index is 0.743. The zero-order valence-corrected chi connectivity index (χ0v) is 11.9. The van der Waals surface area contributed by atoms with Gasteiger partial charge in [-0.1, -0.05) is 12.1 Å². The Morgan fingerprint density at radius 3 is 3.00 bits per heavy atom. The second-order valence-electron chi connectivity index (χ2n) is 4.93. The zero-order valence-electron chi connectivity index (χ0n) is 11.9. The van der Waals surface area contributed by atoms with Gasteiger partial charge in [-0.25, -0.2) is 9.66 Å². The smallest absolute Gasteiger partial charge is 0.152 e. The molecule has 0 saturated carbocycles. The van der Waals surface area contributed by atoms with Crippen LogP contribution in [0.4, 0.5) is 0 Å². The molecule has 4 aromatic rings. The van der Waals surface area contributed by atoms with E-state index in [-0.39, 0.29) is 0 Å². The summed E-state index contributed by atoms with van der Waals surface area (Å²) in [6.45, 7) is 1.91. The van der Waals surface area contributed by atoms with Crippen molar-refractivity contribution in [3.63, 3.8) is 0 Å². The average molecular weight is 291 g/mol. The van der Waals surface area contributed by atoms with Gasteiger partial charge in [-0.3, -0.25) is 5.10 Å². The summed E-state index contributed by atoms with van der Waals surface area (Å²) in [6, 6.07) is 11.7. The van der Waals surface area contributed by atoms with E-state index in [0.29, 0.717) is 0 Å². The Kier molecular flexibility index (Phi) is 2.86. The molecule has 4 rings (SSSR count). The number of nitrogens with zero attached hydrogens (tertiary/aromatic N) is 4. The van der Waals surface area contributed by atoms with Gasteiger partial charge in [0.25, 0.3) is 0 Å². The Morgan fingerprint density at radius 2 is 2.14 bits per heavy atom. The number of furan rings is 1. The minimum Gasteiger partial charge on any atom is -0.460 e. The van der Waals surface area contributed by atoms with Crippen LogP contribution < -0.4 is 0 Å². The SMILES string of the molecule is Cc1ccc(-c2[nH]ncc2/C=N/n2cnc3ccccc32)o1. The number of para-hydroxylation sites is 2. The topological polar surface area (TPSA) is 72.0 Å². The first-order valence-corrected chi connectivity index (χ1v) is 6.88. The quantitative estimate of drug-likeness (QED) is 0.589. The standard InChI is InChI=1S/C16H13N5O/c1-11-6-7-15(22-11)16-12(8-18-20-16)9-19-21-10-17-13-4-2-3-5-14(13)21/h2-10H,1H3,(H,18,20)/b19-9+. The summed E-state index contributed by atoms with van der Waals surface area (Å²) in [6.07, 6.45) is 5.15. The third-order valence-corrected chi connectivity index (χ3v) is 3.41. The van der Waals surface area contributed by atoms with Crippen molar-refractivity contribution in [3.05, 3.63) is 60.2 Å². The number of rotatable bonds is 3. The van der Waals surface area contributed by atoms with Crippen LogP contribution in [0.5, 0.6) is 0 Å². The van der Waals surface area contributed by atoms with Gasteiger partial charge in [0, 0.05) is 5.56 Å². The van der Waals surface area contributed by atoms with Crippen LogP contribution in [0.1, 0.15) is 11.3 Å². The van der Waals surface area contributed by atoms with Crippen molar-refractivity contribution >= 4 is 17.2 Å². The van der Waals surface area contributed by atoms with E-state index in [1.54, 1.807) is 23.4 Å². The van der Waals surface area contributed by atoms with Gasteiger partial charge in [0.1, 0.15) is 17.8 Å². The lowest BCUT2D eigenvalue weighted by molar-refractivity contribution is 0.546. The maximum atomic E-state index is 5.62. The average Bonchev–Trinajstić information content (AvgIpc) is 3.24. The molecule has 6 heteroatoms. The lowest BCUT2D eigenvalue weighted by Crippen LogP contribution is -1.89. The van der Waals surface area contributed by atoms with Crippen molar-refractivity contribution < 1.29 is 4.42 Å². The fourth-order valence-corrected chi connectivity index (χ4v) is 2.32. The second-order valence-corrected chi connectivity index (χ2v) is 4.93. The fourth-order valence-electron chi connectivity index (χ4n) is 2.32. The monoisotopic (exact) mass is 291 g/mol. The number of nitrogens with one attached hydrogen (secondary N) is 1. The first-order chi connectivity index (χ1) is 10.8. The lowest BCUT2D eigenvalue weighted by atomic mass is 10.2. The van der Waals surface area contributed by atoms with E-state index in [1.807, 2.05) is 43.3 Å². The molecule has 3 aromatic heterocycles. The number of H-pyrrole nitrogens is 1. The van der Waals surface area contributed by atoms with Crippen LogP contribution in [0.3, 0.4) is 0 Å². The van der Waals surface area contributed by atoms with Gasteiger partial charge < -0.3 is 4.42 Å². The van der Waals surface area contributed by atoms with E-state index in [4.69, 9.17) is 4.42 Å². The number of fused-ring (bicyclic) bond motifs is 1. The number of benzene rings is 1. The molecule has 0 radical (unpaired) electrons. The van der Waals surface area contributed by atoms with Gasteiger partial charge in [-0.05, 0) is 31.2 Å². The summed E-state index contributed by atoms with van der Waals surface area (Å²) >= 11 is 0. The van der Waals surface area contributed by atoms with E-state index in [1.165, 1.54) is 0 Å². The summed E-state index contributed by atoms with van der Waals surface area (Å²) in [4.78, 5) is 4.31. The first kappa shape index (κ1) is 12.6. The summed E-state index contributed by atoms with van der Waals surface area (Å²) < 4.78 is 7.36. The van der Waals surface area contributed by atoms with Gasteiger partial charge in [0.15, 0.2) is 5.76 Å². The molecule has 0 aliphatic carbocycles. The van der Waals surface area contributed by atoms with Crippen LogP contribution in [0.2, 0.25) is 0 Å². The molecule has 108 valence electrons. The third kappa shape index (κ3) is 2.10.